The van der Waals surface area contributed by atoms with E-state index in [9.17, 15) is 14.0 Å². The lowest BCUT2D eigenvalue weighted by atomic mass is 10.0. The van der Waals surface area contributed by atoms with Gasteiger partial charge < -0.3 is 25.4 Å². The second-order valence-electron chi connectivity index (χ2n) is 8.25. The lowest BCUT2D eigenvalue weighted by Crippen LogP contribution is -2.48. The number of carbonyl (C=O) groups is 2. The van der Waals surface area contributed by atoms with E-state index in [1.807, 2.05) is 0 Å². The fourth-order valence-corrected chi connectivity index (χ4v) is 3.98. The summed E-state index contributed by atoms with van der Waals surface area (Å²) in [5, 5.41) is 3.30. The summed E-state index contributed by atoms with van der Waals surface area (Å²) in [6, 6.07) is 13.8. The van der Waals surface area contributed by atoms with Crippen molar-refractivity contribution in [1.82, 2.24) is 10.3 Å². The highest BCUT2D eigenvalue weighted by molar-refractivity contribution is 6.03. The molecule has 9 heteroatoms. The van der Waals surface area contributed by atoms with E-state index in [1.54, 1.807) is 54.3 Å². The molecule has 1 saturated heterocycles. The van der Waals surface area contributed by atoms with Gasteiger partial charge in [-0.2, -0.15) is 0 Å². The Hall–Kier alpha value is -4.24. The highest BCUT2D eigenvalue weighted by Crippen LogP contribution is 2.30. The number of nitrogens with one attached hydrogen (secondary N) is 1. The van der Waals surface area contributed by atoms with Crippen LogP contribution in [0.2, 0.25) is 0 Å². The minimum atomic E-state index is -0.731. The Morgan fingerprint density at radius 1 is 1.11 bits per heavy atom. The number of piperidine rings is 1. The number of anilines is 1. The molecule has 1 atom stereocenters. The smallest absolute Gasteiger partial charge is 0.254 e. The van der Waals surface area contributed by atoms with Gasteiger partial charge in [0, 0.05) is 18.7 Å². The summed E-state index contributed by atoms with van der Waals surface area (Å²) in [7, 11) is 0. The number of pyridine rings is 1. The van der Waals surface area contributed by atoms with Crippen molar-refractivity contribution in [2.45, 2.75) is 25.8 Å². The monoisotopic (exact) mass is 490 g/mol. The maximum Gasteiger partial charge on any atom is 0.254 e. The molecule has 2 heterocycles. The van der Waals surface area contributed by atoms with Gasteiger partial charge in [0.05, 0.1) is 11.9 Å². The van der Waals surface area contributed by atoms with E-state index in [4.69, 9.17) is 15.2 Å². The molecule has 0 saturated carbocycles. The second-order valence-corrected chi connectivity index (χ2v) is 8.25. The van der Waals surface area contributed by atoms with Crippen molar-refractivity contribution in [1.29, 1.82) is 0 Å². The molecule has 0 radical (unpaired) electrons. The SMILES string of the molecule is C/C=C/C(=O)N(c1cnc(Oc2ccc(Oc3cccc(F)c3)cc2)c(C(N)=O)c1)C1CCCNC1. The van der Waals surface area contributed by atoms with Gasteiger partial charge in [-0.3, -0.25) is 9.59 Å². The fraction of sp³-hybridized carbons (Fsp3) is 0.222. The van der Waals surface area contributed by atoms with Crippen molar-refractivity contribution in [3.63, 3.8) is 0 Å². The molecule has 0 aliphatic carbocycles. The summed E-state index contributed by atoms with van der Waals surface area (Å²) in [6.07, 6.45) is 6.41. The Balaban J connectivity index is 1.56. The molecule has 1 aromatic heterocycles. The van der Waals surface area contributed by atoms with Gasteiger partial charge in [-0.1, -0.05) is 12.1 Å². The number of hydrogen-bond donors (Lipinski definition) is 2. The van der Waals surface area contributed by atoms with Gasteiger partial charge in [-0.15, -0.1) is 0 Å². The van der Waals surface area contributed by atoms with Gasteiger partial charge in [0.15, 0.2) is 0 Å². The van der Waals surface area contributed by atoms with E-state index >= 15 is 0 Å². The number of carbonyl (C=O) groups excluding carboxylic acids is 2. The Morgan fingerprint density at radius 3 is 2.50 bits per heavy atom. The summed E-state index contributed by atoms with van der Waals surface area (Å²) in [5.74, 6) is -0.0797. The Labute approximate surface area is 208 Å². The third kappa shape index (κ3) is 6.05. The molecule has 1 aliphatic heterocycles. The maximum atomic E-state index is 13.4. The van der Waals surface area contributed by atoms with Crippen LogP contribution in [0.1, 0.15) is 30.1 Å². The van der Waals surface area contributed by atoms with Gasteiger partial charge in [0.25, 0.3) is 11.8 Å². The molecular weight excluding hydrogens is 463 g/mol. The van der Waals surface area contributed by atoms with Crippen molar-refractivity contribution in [2.75, 3.05) is 18.0 Å². The average Bonchev–Trinajstić information content (AvgIpc) is 2.87. The quantitative estimate of drug-likeness (QED) is 0.448. The Bertz CT molecular complexity index is 1260. The number of halogens is 1. The fourth-order valence-electron chi connectivity index (χ4n) is 3.98. The highest BCUT2D eigenvalue weighted by Gasteiger charge is 2.27. The zero-order valence-electron chi connectivity index (χ0n) is 19.8. The molecule has 1 fully saturated rings. The zero-order valence-corrected chi connectivity index (χ0v) is 19.8. The first kappa shape index (κ1) is 24.9. The molecule has 3 N–H and O–H groups in total. The standard InChI is InChI=1S/C27H27FN4O4/c1-2-5-25(33)32(19-7-4-13-30-16-19)20-15-24(26(29)34)27(31-17-20)36-22-11-9-21(10-12-22)35-23-8-3-6-18(28)14-23/h2-3,5-6,8-12,14-15,17,19,30H,4,7,13,16H2,1H3,(H2,29,34)/b5-2+. The van der Waals surface area contributed by atoms with Crippen LogP contribution in [0.15, 0.2) is 72.9 Å². The topological polar surface area (TPSA) is 107 Å². The van der Waals surface area contributed by atoms with Gasteiger partial charge in [0.2, 0.25) is 5.88 Å². The number of hydrogen-bond acceptors (Lipinski definition) is 6. The van der Waals surface area contributed by atoms with Crippen molar-refractivity contribution in [2.24, 2.45) is 5.73 Å². The van der Waals surface area contributed by atoms with Crippen molar-refractivity contribution >= 4 is 17.5 Å². The number of ether oxygens (including phenoxy) is 2. The van der Waals surface area contributed by atoms with Gasteiger partial charge >= 0.3 is 0 Å². The van der Waals surface area contributed by atoms with Crippen molar-refractivity contribution in [3.05, 3.63) is 84.3 Å². The molecule has 0 spiro atoms. The van der Waals surface area contributed by atoms with Crippen molar-refractivity contribution < 1.29 is 23.5 Å². The van der Waals surface area contributed by atoms with Crippen LogP contribution in [0, 0.1) is 5.82 Å². The zero-order chi connectivity index (χ0) is 25.5. The Morgan fingerprint density at radius 2 is 1.86 bits per heavy atom. The number of primary amides is 1. The van der Waals surface area contributed by atoms with Crippen LogP contribution in [0.5, 0.6) is 23.1 Å². The lowest BCUT2D eigenvalue weighted by molar-refractivity contribution is -0.114. The average molecular weight is 491 g/mol. The summed E-state index contributed by atoms with van der Waals surface area (Å²) in [6.45, 7) is 3.30. The second kappa shape index (κ2) is 11.5. The predicted molar refractivity (Wildman–Crippen MR) is 134 cm³/mol. The molecule has 4 rings (SSSR count). The maximum absolute atomic E-state index is 13.4. The molecule has 8 nitrogen and oxygen atoms in total. The molecule has 36 heavy (non-hydrogen) atoms. The number of amides is 2. The van der Waals surface area contributed by atoms with Crippen LogP contribution < -0.4 is 25.4 Å². The van der Waals surface area contributed by atoms with E-state index in [2.05, 4.69) is 10.3 Å². The molecule has 2 aromatic carbocycles. The number of rotatable bonds is 8. The third-order valence-corrected chi connectivity index (χ3v) is 5.63. The first-order valence-electron chi connectivity index (χ1n) is 11.6. The van der Waals surface area contributed by atoms with E-state index in [0.29, 0.717) is 29.5 Å². The first-order valence-corrected chi connectivity index (χ1v) is 11.6. The Kier molecular flexibility index (Phi) is 7.92. The van der Waals surface area contributed by atoms with E-state index < -0.39 is 11.7 Å². The largest absolute Gasteiger partial charge is 0.457 e. The minimum Gasteiger partial charge on any atom is -0.457 e. The van der Waals surface area contributed by atoms with Crippen LogP contribution in [0.4, 0.5) is 10.1 Å². The molecule has 0 bridgehead atoms. The van der Waals surface area contributed by atoms with E-state index in [-0.39, 0.29) is 23.4 Å². The summed E-state index contributed by atoms with van der Waals surface area (Å²) in [5.41, 5.74) is 6.15. The molecular formula is C27H27FN4O4. The normalized spacial score (nSPS) is 15.4. The highest BCUT2D eigenvalue weighted by atomic mass is 19.1. The van der Waals surface area contributed by atoms with E-state index in [1.165, 1.54) is 30.5 Å². The molecule has 1 aliphatic rings. The minimum absolute atomic E-state index is 0.0188. The molecule has 186 valence electrons. The van der Waals surface area contributed by atoms with E-state index in [0.717, 1.165) is 19.4 Å². The first-order chi connectivity index (χ1) is 17.4. The number of benzene rings is 2. The van der Waals surface area contributed by atoms with Crippen LogP contribution in [0.25, 0.3) is 0 Å². The molecule has 2 amide bonds. The number of nitrogens with zero attached hydrogens (tertiary/aromatic N) is 2. The number of allylic oxidation sites excluding steroid dienone is 1. The lowest BCUT2D eigenvalue weighted by Gasteiger charge is -2.34. The van der Waals surface area contributed by atoms with Crippen LogP contribution in [-0.2, 0) is 4.79 Å². The van der Waals surface area contributed by atoms with Crippen molar-refractivity contribution in [3.8, 4) is 23.1 Å². The third-order valence-electron chi connectivity index (χ3n) is 5.63. The van der Waals surface area contributed by atoms with Gasteiger partial charge in [-0.25, -0.2) is 9.37 Å². The number of nitrogens with two attached hydrogens (primary N) is 1. The number of aromatic nitrogens is 1. The van der Waals surface area contributed by atoms with Gasteiger partial charge in [-0.05, 0) is 74.9 Å². The summed E-state index contributed by atoms with van der Waals surface area (Å²) < 4.78 is 24.8. The predicted octanol–water partition coefficient (Wildman–Crippen LogP) is 4.57. The molecule has 3 aromatic rings. The summed E-state index contributed by atoms with van der Waals surface area (Å²) >= 11 is 0. The van der Waals surface area contributed by atoms with Crippen LogP contribution >= 0.6 is 0 Å². The summed E-state index contributed by atoms with van der Waals surface area (Å²) in [4.78, 5) is 31.1. The van der Waals surface area contributed by atoms with Crippen LogP contribution in [-0.4, -0.2) is 35.9 Å². The molecule has 1 unspecified atom stereocenters. The van der Waals surface area contributed by atoms with Crippen LogP contribution in [0.3, 0.4) is 0 Å². The van der Waals surface area contributed by atoms with Gasteiger partial charge in [0.1, 0.15) is 28.6 Å².